The van der Waals surface area contributed by atoms with E-state index in [-0.39, 0.29) is 6.04 Å². The van der Waals surface area contributed by atoms with Crippen LogP contribution in [0.25, 0.3) is 0 Å². The minimum absolute atomic E-state index is 0.274. The molecule has 0 aliphatic heterocycles. The van der Waals surface area contributed by atoms with Gasteiger partial charge in [-0.2, -0.15) is 5.26 Å². The molecular weight excluding hydrogens is 212 g/mol. The summed E-state index contributed by atoms with van der Waals surface area (Å²) >= 11 is 0. The van der Waals surface area contributed by atoms with Crippen LogP contribution in [0.4, 0.5) is 0 Å². The highest BCUT2D eigenvalue weighted by atomic mass is 16.5. The van der Waals surface area contributed by atoms with Crippen LogP contribution in [0, 0.1) is 11.3 Å². The van der Waals surface area contributed by atoms with Gasteiger partial charge in [0.25, 0.3) is 0 Å². The van der Waals surface area contributed by atoms with E-state index in [4.69, 9.17) is 10.00 Å². The molecule has 3 heteroatoms. The number of hydrogen-bond donors (Lipinski definition) is 1. The lowest BCUT2D eigenvalue weighted by Gasteiger charge is -2.14. The third-order valence-corrected chi connectivity index (χ3v) is 2.63. The van der Waals surface area contributed by atoms with Crippen LogP contribution in [-0.2, 0) is 6.54 Å². The van der Waals surface area contributed by atoms with Gasteiger partial charge < -0.3 is 10.1 Å². The summed E-state index contributed by atoms with van der Waals surface area (Å²) < 4.78 is 5.45. The zero-order valence-corrected chi connectivity index (χ0v) is 10.6. The van der Waals surface area contributed by atoms with E-state index in [0.29, 0.717) is 13.0 Å². The third kappa shape index (κ3) is 4.88. The van der Waals surface area contributed by atoms with E-state index in [9.17, 15) is 0 Å². The second kappa shape index (κ2) is 7.70. The van der Waals surface area contributed by atoms with Gasteiger partial charge in [0.15, 0.2) is 0 Å². The average Bonchev–Trinajstić information content (AvgIpc) is 2.35. The van der Waals surface area contributed by atoms with Crippen molar-refractivity contribution in [3.05, 3.63) is 29.8 Å². The van der Waals surface area contributed by atoms with E-state index in [1.807, 2.05) is 25.1 Å². The number of rotatable bonds is 7. The number of benzene rings is 1. The fourth-order valence-corrected chi connectivity index (χ4v) is 1.65. The highest BCUT2D eigenvalue weighted by molar-refractivity contribution is 5.28. The van der Waals surface area contributed by atoms with Crippen molar-refractivity contribution in [2.45, 2.75) is 39.3 Å². The smallest absolute Gasteiger partial charge is 0.119 e. The molecule has 17 heavy (non-hydrogen) atoms. The van der Waals surface area contributed by atoms with Crippen LogP contribution in [0.3, 0.4) is 0 Å². The minimum Gasteiger partial charge on any atom is -0.494 e. The normalized spacial score (nSPS) is 11.8. The largest absolute Gasteiger partial charge is 0.494 e. The molecule has 0 aliphatic carbocycles. The Morgan fingerprint density at radius 3 is 2.88 bits per heavy atom. The van der Waals surface area contributed by atoms with E-state index >= 15 is 0 Å². The molecule has 1 N–H and O–H groups in total. The van der Waals surface area contributed by atoms with E-state index in [0.717, 1.165) is 18.7 Å². The zero-order valence-electron chi connectivity index (χ0n) is 10.6. The standard InChI is InChI=1S/C14H20N2O/c1-3-13(8-9-15)16-11-12-6-5-7-14(10-12)17-4-2/h5-7,10,13,16H,3-4,8,11H2,1-2H3. The summed E-state index contributed by atoms with van der Waals surface area (Å²) in [5, 5.41) is 12.0. The number of nitriles is 1. The fraction of sp³-hybridized carbons (Fsp3) is 0.500. The Hall–Kier alpha value is -1.53. The maximum atomic E-state index is 8.67. The fourth-order valence-electron chi connectivity index (χ4n) is 1.65. The first kappa shape index (κ1) is 13.5. The van der Waals surface area contributed by atoms with Crippen LogP contribution in [0.1, 0.15) is 32.3 Å². The summed E-state index contributed by atoms with van der Waals surface area (Å²) in [7, 11) is 0. The highest BCUT2D eigenvalue weighted by Crippen LogP contribution is 2.13. The lowest BCUT2D eigenvalue weighted by Crippen LogP contribution is -2.27. The van der Waals surface area contributed by atoms with E-state index in [1.165, 1.54) is 5.56 Å². The van der Waals surface area contributed by atoms with E-state index in [1.54, 1.807) is 0 Å². The number of hydrogen-bond acceptors (Lipinski definition) is 3. The van der Waals surface area contributed by atoms with Crippen LogP contribution in [0.2, 0.25) is 0 Å². The van der Waals surface area contributed by atoms with Gasteiger partial charge in [0.1, 0.15) is 5.75 Å². The molecule has 1 unspecified atom stereocenters. The SMILES string of the molecule is CCOc1cccc(CNC(CC)CC#N)c1. The van der Waals surface area contributed by atoms with E-state index in [2.05, 4.69) is 24.4 Å². The van der Waals surface area contributed by atoms with Gasteiger partial charge in [0.05, 0.1) is 19.1 Å². The summed E-state index contributed by atoms with van der Waals surface area (Å²) in [5.74, 6) is 0.903. The van der Waals surface area contributed by atoms with Gasteiger partial charge in [-0.05, 0) is 31.0 Å². The molecule has 0 aromatic heterocycles. The van der Waals surface area contributed by atoms with Crippen LogP contribution < -0.4 is 10.1 Å². The van der Waals surface area contributed by atoms with E-state index < -0.39 is 0 Å². The Bertz CT molecular complexity index is 371. The van der Waals surface area contributed by atoms with Gasteiger partial charge in [-0.15, -0.1) is 0 Å². The van der Waals surface area contributed by atoms with Crippen molar-refractivity contribution in [2.24, 2.45) is 0 Å². The zero-order chi connectivity index (χ0) is 12.5. The van der Waals surface area contributed by atoms with Crippen molar-refractivity contribution < 1.29 is 4.74 Å². The van der Waals surface area contributed by atoms with Gasteiger partial charge in [-0.25, -0.2) is 0 Å². The molecule has 1 aromatic rings. The lowest BCUT2D eigenvalue weighted by molar-refractivity contribution is 0.339. The molecule has 0 aliphatic rings. The van der Waals surface area contributed by atoms with Crippen LogP contribution in [-0.4, -0.2) is 12.6 Å². The van der Waals surface area contributed by atoms with Crippen molar-refractivity contribution in [3.63, 3.8) is 0 Å². The number of nitrogens with zero attached hydrogens (tertiary/aromatic N) is 1. The number of ether oxygens (including phenoxy) is 1. The molecule has 0 spiro atoms. The predicted molar refractivity (Wildman–Crippen MR) is 68.8 cm³/mol. The first-order valence-electron chi connectivity index (χ1n) is 6.12. The molecule has 0 heterocycles. The maximum Gasteiger partial charge on any atom is 0.119 e. The summed E-state index contributed by atoms with van der Waals surface area (Å²) in [6, 6.07) is 10.5. The molecular formula is C14H20N2O. The predicted octanol–water partition coefficient (Wildman–Crippen LogP) is 2.87. The van der Waals surface area contributed by atoms with Crippen molar-refractivity contribution in [2.75, 3.05) is 6.61 Å². The van der Waals surface area contributed by atoms with Gasteiger partial charge in [-0.3, -0.25) is 0 Å². The van der Waals surface area contributed by atoms with Gasteiger partial charge in [0, 0.05) is 12.6 Å². The molecule has 0 saturated carbocycles. The summed E-state index contributed by atoms with van der Waals surface area (Å²) in [6.45, 7) is 5.53. The molecule has 0 amide bonds. The molecule has 92 valence electrons. The summed E-state index contributed by atoms with van der Waals surface area (Å²) in [6.07, 6.45) is 1.53. The monoisotopic (exact) mass is 232 g/mol. The van der Waals surface area contributed by atoms with Crippen molar-refractivity contribution in [3.8, 4) is 11.8 Å². The quantitative estimate of drug-likeness (QED) is 0.786. The molecule has 3 nitrogen and oxygen atoms in total. The number of nitrogens with one attached hydrogen (secondary N) is 1. The Morgan fingerprint density at radius 1 is 1.41 bits per heavy atom. The van der Waals surface area contributed by atoms with Gasteiger partial charge in [0.2, 0.25) is 0 Å². The van der Waals surface area contributed by atoms with Crippen LogP contribution >= 0.6 is 0 Å². The molecule has 0 bridgehead atoms. The van der Waals surface area contributed by atoms with Gasteiger partial charge >= 0.3 is 0 Å². The molecule has 1 rings (SSSR count). The van der Waals surface area contributed by atoms with Crippen molar-refractivity contribution >= 4 is 0 Å². The van der Waals surface area contributed by atoms with Crippen LogP contribution in [0.15, 0.2) is 24.3 Å². The second-order valence-electron chi connectivity index (χ2n) is 3.93. The average molecular weight is 232 g/mol. The molecule has 0 fully saturated rings. The minimum atomic E-state index is 0.274. The van der Waals surface area contributed by atoms with Crippen LogP contribution in [0.5, 0.6) is 5.75 Å². The molecule has 0 saturated heterocycles. The van der Waals surface area contributed by atoms with Gasteiger partial charge in [-0.1, -0.05) is 19.1 Å². The third-order valence-electron chi connectivity index (χ3n) is 2.63. The first-order chi connectivity index (χ1) is 8.30. The second-order valence-corrected chi connectivity index (χ2v) is 3.93. The summed E-state index contributed by atoms with van der Waals surface area (Å²) in [5.41, 5.74) is 1.19. The van der Waals surface area contributed by atoms with Crippen molar-refractivity contribution in [1.29, 1.82) is 5.26 Å². The Kier molecular flexibility index (Phi) is 6.13. The summed E-state index contributed by atoms with van der Waals surface area (Å²) in [4.78, 5) is 0. The highest BCUT2D eigenvalue weighted by Gasteiger charge is 2.04. The molecule has 1 aromatic carbocycles. The molecule has 1 atom stereocenters. The lowest BCUT2D eigenvalue weighted by atomic mass is 10.1. The first-order valence-corrected chi connectivity index (χ1v) is 6.12. The molecule has 0 radical (unpaired) electrons. The maximum absolute atomic E-state index is 8.67. The Morgan fingerprint density at radius 2 is 2.24 bits per heavy atom. The Balaban J connectivity index is 2.50. The topological polar surface area (TPSA) is 45.0 Å². The Labute approximate surface area is 103 Å². The van der Waals surface area contributed by atoms with Crippen molar-refractivity contribution in [1.82, 2.24) is 5.32 Å².